The molecule has 0 saturated carbocycles. The Balaban J connectivity index is 1.68. The highest BCUT2D eigenvalue weighted by atomic mass is 16.3. The second-order valence-electron chi connectivity index (χ2n) is 6.77. The van der Waals surface area contributed by atoms with Gasteiger partial charge in [0.2, 0.25) is 5.91 Å². The first kappa shape index (κ1) is 18.1. The van der Waals surface area contributed by atoms with Gasteiger partial charge in [-0.2, -0.15) is 0 Å². The maximum Gasteiger partial charge on any atom is 0.254 e. The van der Waals surface area contributed by atoms with Crippen LogP contribution in [0.2, 0.25) is 0 Å². The Morgan fingerprint density at radius 2 is 1.65 bits per heavy atom. The molecule has 1 aliphatic rings. The van der Waals surface area contributed by atoms with Gasteiger partial charge < -0.3 is 14.9 Å². The van der Waals surface area contributed by atoms with Gasteiger partial charge in [-0.25, -0.2) is 0 Å². The molecule has 0 aromatic heterocycles. The van der Waals surface area contributed by atoms with Gasteiger partial charge in [-0.15, -0.1) is 0 Å². The van der Waals surface area contributed by atoms with Crippen LogP contribution in [0.1, 0.15) is 34.0 Å². The molecule has 1 atom stereocenters. The standard InChI is InChI=1S/C21H24N2O3/c1-15-3-5-17(6-4-15)13-22-11-12-23(16(2)20(22)25)21(26)19-9-7-18(14-24)8-10-19/h3-10,16,24H,11-14H2,1-2H3/t16-/m0/s1. The number of aliphatic hydroxyl groups is 1. The van der Waals surface area contributed by atoms with E-state index in [9.17, 15) is 9.59 Å². The van der Waals surface area contributed by atoms with E-state index in [1.54, 1.807) is 36.1 Å². The Morgan fingerprint density at radius 3 is 2.27 bits per heavy atom. The van der Waals surface area contributed by atoms with Gasteiger partial charge in [-0.3, -0.25) is 9.59 Å². The van der Waals surface area contributed by atoms with E-state index in [-0.39, 0.29) is 18.4 Å². The van der Waals surface area contributed by atoms with E-state index in [0.29, 0.717) is 25.2 Å². The molecule has 1 N–H and O–H groups in total. The van der Waals surface area contributed by atoms with Crippen LogP contribution in [0.4, 0.5) is 0 Å². The predicted octanol–water partition coefficient (Wildman–Crippen LogP) is 2.36. The number of hydrogen-bond donors (Lipinski definition) is 1. The van der Waals surface area contributed by atoms with E-state index < -0.39 is 6.04 Å². The normalized spacial score (nSPS) is 17.5. The molecule has 2 aromatic rings. The van der Waals surface area contributed by atoms with Crippen molar-refractivity contribution in [3.05, 3.63) is 70.8 Å². The Morgan fingerprint density at radius 1 is 1.04 bits per heavy atom. The fraction of sp³-hybridized carbons (Fsp3) is 0.333. The predicted molar refractivity (Wildman–Crippen MR) is 99.5 cm³/mol. The Hall–Kier alpha value is -2.66. The monoisotopic (exact) mass is 352 g/mol. The van der Waals surface area contributed by atoms with Crippen molar-refractivity contribution in [2.75, 3.05) is 13.1 Å². The van der Waals surface area contributed by atoms with Gasteiger partial charge in [0.15, 0.2) is 0 Å². The number of rotatable bonds is 4. The molecule has 0 bridgehead atoms. The third-order valence-electron chi connectivity index (χ3n) is 4.89. The van der Waals surface area contributed by atoms with Crippen LogP contribution in [0.25, 0.3) is 0 Å². The summed E-state index contributed by atoms with van der Waals surface area (Å²) >= 11 is 0. The van der Waals surface area contributed by atoms with Gasteiger partial charge in [0, 0.05) is 25.2 Å². The molecule has 5 heteroatoms. The first-order chi connectivity index (χ1) is 12.5. The summed E-state index contributed by atoms with van der Waals surface area (Å²) < 4.78 is 0. The molecule has 0 unspecified atom stereocenters. The van der Waals surface area contributed by atoms with Crippen molar-refractivity contribution in [2.45, 2.75) is 33.0 Å². The number of aliphatic hydroxyl groups excluding tert-OH is 1. The lowest BCUT2D eigenvalue weighted by Crippen LogP contribution is -2.57. The summed E-state index contributed by atoms with van der Waals surface area (Å²) in [5.41, 5.74) is 3.58. The number of carbonyl (C=O) groups excluding carboxylic acids is 2. The molecule has 1 fully saturated rings. The lowest BCUT2D eigenvalue weighted by Gasteiger charge is -2.39. The fourth-order valence-corrected chi connectivity index (χ4v) is 3.20. The summed E-state index contributed by atoms with van der Waals surface area (Å²) in [7, 11) is 0. The van der Waals surface area contributed by atoms with Gasteiger partial charge in [0.1, 0.15) is 6.04 Å². The highest BCUT2D eigenvalue weighted by molar-refractivity contribution is 5.98. The van der Waals surface area contributed by atoms with Crippen molar-refractivity contribution in [2.24, 2.45) is 0 Å². The molecule has 2 amide bonds. The average molecular weight is 352 g/mol. The largest absolute Gasteiger partial charge is 0.392 e. The van der Waals surface area contributed by atoms with E-state index in [2.05, 4.69) is 0 Å². The highest BCUT2D eigenvalue weighted by Gasteiger charge is 2.34. The zero-order valence-corrected chi connectivity index (χ0v) is 15.2. The Kier molecular flexibility index (Phi) is 5.38. The first-order valence-corrected chi connectivity index (χ1v) is 8.84. The molecule has 1 heterocycles. The van der Waals surface area contributed by atoms with Crippen LogP contribution in [0, 0.1) is 6.92 Å². The maximum atomic E-state index is 12.8. The number of amides is 2. The van der Waals surface area contributed by atoms with Gasteiger partial charge in [0.25, 0.3) is 5.91 Å². The number of hydrogen-bond acceptors (Lipinski definition) is 3. The zero-order valence-electron chi connectivity index (χ0n) is 15.2. The first-order valence-electron chi connectivity index (χ1n) is 8.84. The molecule has 1 saturated heterocycles. The molecule has 26 heavy (non-hydrogen) atoms. The SMILES string of the molecule is Cc1ccc(CN2CCN(C(=O)c3ccc(CO)cc3)[C@@H](C)C2=O)cc1. The Bertz CT molecular complexity index is 784. The number of aryl methyl sites for hydroxylation is 1. The van der Waals surface area contributed by atoms with Crippen molar-refractivity contribution in [3.63, 3.8) is 0 Å². The van der Waals surface area contributed by atoms with Crippen molar-refractivity contribution in [3.8, 4) is 0 Å². The van der Waals surface area contributed by atoms with Crippen LogP contribution < -0.4 is 0 Å². The van der Waals surface area contributed by atoms with Gasteiger partial charge in [-0.1, -0.05) is 42.0 Å². The Labute approximate surface area is 153 Å². The lowest BCUT2D eigenvalue weighted by atomic mass is 10.1. The van der Waals surface area contributed by atoms with Crippen LogP contribution in [0.3, 0.4) is 0 Å². The number of benzene rings is 2. The number of piperazine rings is 1. The van der Waals surface area contributed by atoms with Crippen molar-refractivity contribution < 1.29 is 14.7 Å². The molecule has 2 aromatic carbocycles. The third-order valence-corrected chi connectivity index (χ3v) is 4.89. The van der Waals surface area contributed by atoms with Crippen molar-refractivity contribution in [1.29, 1.82) is 0 Å². The van der Waals surface area contributed by atoms with Gasteiger partial charge in [0.05, 0.1) is 6.61 Å². The third kappa shape index (κ3) is 3.78. The highest BCUT2D eigenvalue weighted by Crippen LogP contribution is 2.18. The summed E-state index contributed by atoms with van der Waals surface area (Å²) in [4.78, 5) is 28.9. The van der Waals surface area contributed by atoms with E-state index in [0.717, 1.165) is 11.1 Å². The number of carbonyl (C=O) groups is 2. The van der Waals surface area contributed by atoms with E-state index >= 15 is 0 Å². The second-order valence-corrected chi connectivity index (χ2v) is 6.77. The van der Waals surface area contributed by atoms with Gasteiger partial charge >= 0.3 is 0 Å². The fourth-order valence-electron chi connectivity index (χ4n) is 3.20. The zero-order chi connectivity index (χ0) is 18.7. The van der Waals surface area contributed by atoms with Crippen molar-refractivity contribution in [1.82, 2.24) is 9.80 Å². The maximum absolute atomic E-state index is 12.8. The minimum atomic E-state index is -0.487. The smallest absolute Gasteiger partial charge is 0.254 e. The molecule has 5 nitrogen and oxygen atoms in total. The molecule has 3 rings (SSSR count). The second kappa shape index (κ2) is 7.70. The van der Waals surface area contributed by atoms with Crippen LogP contribution in [-0.4, -0.2) is 45.9 Å². The van der Waals surface area contributed by atoms with E-state index in [1.807, 2.05) is 36.1 Å². The lowest BCUT2D eigenvalue weighted by molar-refractivity contribution is -0.140. The average Bonchev–Trinajstić information content (AvgIpc) is 2.67. The van der Waals surface area contributed by atoms with E-state index in [4.69, 9.17) is 5.11 Å². The van der Waals surface area contributed by atoms with E-state index in [1.165, 1.54) is 5.56 Å². The molecule has 136 valence electrons. The van der Waals surface area contributed by atoms with Crippen molar-refractivity contribution >= 4 is 11.8 Å². The molecule has 0 radical (unpaired) electrons. The van der Waals surface area contributed by atoms with Crippen LogP contribution in [0.15, 0.2) is 48.5 Å². The quantitative estimate of drug-likeness (QED) is 0.919. The minimum absolute atomic E-state index is 0.0304. The summed E-state index contributed by atoms with van der Waals surface area (Å²) in [5, 5.41) is 9.11. The van der Waals surface area contributed by atoms with Crippen LogP contribution >= 0.6 is 0 Å². The molecular weight excluding hydrogens is 328 g/mol. The summed E-state index contributed by atoms with van der Waals surface area (Å²) in [5.74, 6) is -0.178. The molecule has 0 aliphatic carbocycles. The van der Waals surface area contributed by atoms with Crippen LogP contribution in [-0.2, 0) is 17.9 Å². The summed E-state index contributed by atoms with van der Waals surface area (Å²) in [6, 6.07) is 14.5. The van der Waals surface area contributed by atoms with Gasteiger partial charge in [-0.05, 0) is 37.1 Å². The molecular formula is C21H24N2O3. The topological polar surface area (TPSA) is 60.9 Å². The molecule has 1 aliphatic heterocycles. The summed E-state index contributed by atoms with van der Waals surface area (Å²) in [6.45, 7) is 5.37. The summed E-state index contributed by atoms with van der Waals surface area (Å²) in [6.07, 6.45) is 0. The minimum Gasteiger partial charge on any atom is -0.392 e. The number of nitrogens with zero attached hydrogens (tertiary/aromatic N) is 2. The van der Waals surface area contributed by atoms with Crippen LogP contribution in [0.5, 0.6) is 0 Å². The molecule has 0 spiro atoms.